The van der Waals surface area contributed by atoms with E-state index in [1.54, 1.807) is 4.90 Å². The van der Waals surface area contributed by atoms with Crippen LogP contribution in [-0.4, -0.2) is 51.8 Å². The molecular formula is C12H18N4O3. The normalized spacial score (nSPS) is 22.7. The van der Waals surface area contributed by atoms with Gasteiger partial charge in [-0.1, -0.05) is 5.16 Å². The summed E-state index contributed by atoms with van der Waals surface area (Å²) >= 11 is 0. The second-order valence-corrected chi connectivity index (χ2v) is 5.06. The Kier molecular flexibility index (Phi) is 3.48. The van der Waals surface area contributed by atoms with Crippen molar-refractivity contribution in [2.24, 2.45) is 0 Å². The number of amides is 1. The molecule has 1 amide bonds. The molecule has 1 saturated carbocycles. The molecule has 0 radical (unpaired) electrons. The van der Waals surface area contributed by atoms with E-state index in [0.717, 1.165) is 32.2 Å². The summed E-state index contributed by atoms with van der Waals surface area (Å²) in [7, 11) is 0. The van der Waals surface area contributed by atoms with Crippen LogP contribution < -0.4 is 5.32 Å². The molecule has 1 aliphatic carbocycles. The molecule has 1 aromatic heterocycles. The average molecular weight is 266 g/mol. The molecule has 0 aromatic carbocycles. The topological polar surface area (TPSA) is 91.5 Å². The van der Waals surface area contributed by atoms with E-state index in [1.807, 2.05) is 0 Å². The van der Waals surface area contributed by atoms with Crippen LogP contribution >= 0.6 is 0 Å². The second kappa shape index (κ2) is 5.26. The summed E-state index contributed by atoms with van der Waals surface area (Å²) in [4.78, 5) is 18.1. The zero-order valence-corrected chi connectivity index (χ0v) is 10.7. The minimum Gasteiger partial charge on any atom is -0.395 e. The molecule has 7 nitrogen and oxygen atoms in total. The van der Waals surface area contributed by atoms with Crippen LogP contribution in [0.5, 0.6) is 0 Å². The summed E-state index contributed by atoms with van der Waals surface area (Å²) < 4.78 is 5.16. The van der Waals surface area contributed by atoms with Gasteiger partial charge in [0.05, 0.1) is 12.6 Å². The van der Waals surface area contributed by atoms with Gasteiger partial charge >= 0.3 is 0 Å². The maximum atomic E-state index is 12.3. The Morgan fingerprint density at radius 3 is 2.95 bits per heavy atom. The third kappa shape index (κ3) is 2.62. The lowest BCUT2D eigenvalue weighted by atomic mass is 10.2. The van der Waals surface area contributed by atoms with Crippen LogP contribution in [0.3, 0.4) is 0 Å². The Morgan fingerprint density at radius 2 is 2.32 bits per heavy atom. The van der Waals surface area contributed by atoms with Crippen LogP contribution in [0, 0.1) is 0 Å². The van der Waals surface area contributed by atoms with Crippen molar-refractivity contribution in [3.8, 4) is 0 Å². The summed E-state index contributed by atoms with van der Waals surface area (Å²) in [6, 6.07) is 0.299. The van der Waals surface area contributed by atoms with Gasteiger partial charge in [-0.15, -0.1) is 0 Å². The molecule has 2 aliphatic rings. The van der Waals surface area contributed by atoms with Crippen LogP contribution in [-0.2, 0) is 0 Å². The molecular weight excluding hydrogens is 248 g/mol. The van der Waals surface area contributed by atoms with Crippen molar-refractivity contribution < 1.29 is 14.4 Å². The molecule has 2 heterocycles. The van der Waals surface area contributed by atoms with Gasteiger partial charge in [0.2, 0.25) is 5.89 Å². The molecule has 2 fully saturated rings. The van der Waals surface area contributed by atoms with Crippen LogP contribution in [0.15, 0.2) is 4.52 Å². The van der Waals surface area contributed by atoms with Crippen molar-refractivity contribution in [1.82, 2.24) is 20.4 Å². The molecule has 1 saturated heterocycles. The lowest BCUT2D eigenvalue weighted by molar-refractivity contribution is 0.0692. The number of hydrogen-bond donors (Lipinski definition) is 2. The fraction of sp³-hybridized carbons (Fsp3) is 0.750. The van der Waals surface area contributed by atoms with Gasteiger partial charge in [-0.2, -0.15) is 4.98 Å². The maximum absolute atomic E-state index is 12.3. The highest BCUT2D eigenvalue weighted by Gasteiger charge is 2.35. The van der Waals surface area contributed by atoms with Crippen LogP contribution in [0.4, 0.5) is 0 Å². The molecule has 7 heteroatoms. The van der Waals surface area contributed by atoms with Crippen molar-refractivity contribution in [2.75, 3.05) is 19.7 Å². The minimum absolute atomic E-state index is 0.0445. The fourth-order valence-electron chi connectivity index (χ4n) is 2.43. The van der Waals surface area contributed by atoms with Gasteiger partial charge in [0, 0.05) is 12.6 Å². The zero-order chi connectivity index (χ0) is 13.2. The Bertz CT molecular complexity index is 452. The number of aliphatic hydroxyl groups is 1. The summed E-state index contributed by atoms with van der Waals surface area (Å²) in [5.74, 6) is 0.342. The Labute approximate surface area is 111 Å². The number of aliphatic hydroxyl groups excluding tert-OH is 1. The standard InChI is InChI=1S/C12H18N4O3/c17-7-6-16(8-3-4-8)12(18)10-14-11(19-15-10)9-2-1-5-13-9/h8-9,13,17H,1-7H2. The van der Waals surface area contributed by atoms with Gasteiger partial charge in [0.15, 0.2) is 0 Å². The second-order valence-electron chi connectivity index (χ2n) is 5.06. The number of hydrogen-bond acceptors (Lipinski definition) is 6. The lowest BCUT2D eigenvalue weighted by Crippen LogP contribution is -2.36. The number of carbonyl (C=O) groups is 1. The first-order valence-corrected chi connectivity index (χ1v) is 6.78. The van der Waals surface area contributed by atoms with E-state index in [9.17, 15) is 4.79 Å². The number of nitrogens with one attached hydrogen (secondary N) is 1. The predicted molar refractivity (Wildman–Crippen MR) is 65.4 cm³/mol. The van der Waals surface area contributed by atoms with E-state index < -0.39 is 0 Å². The van der Waals surface area contributed by atoms with Crippen molar-refractivity contribution >= 4 is 5.91 Å². The minimum atomic E-state index is -0.246. The Morgan fingerprint density at radius 1 is 1.47 bits per heavy atom. The van der Waals surface area contributed by atoms with E-state index in [1.165, 1.54) is 0 Å². The SMILES string of the molecule is O=C(c1noc(C2CCCN2)n1)N(CCO)C1CC1. The monoisotopic (exact) mass is 266 g/mol. The van der Waals surface area contributed by atoms with Gasteiger partial charge in [-0.3, -0.25) is 4.79 Å². The van der Waals surface area contributed by atoms with E-state index >= 15 is 0 Å². The number of carbonyl (C=O) groups excluding carboxylic acids is 1. The molecule has 1 aromatic rings. The quantitative estimate of drug-likeness (QED) is 0.785. The first-order chi connectivity index (χ1) is 9.29. The summed E-state index contributed by atoms with van der Waals surface area (Å²) in [5, 5.41) is 16.0. The first kappa shape index (κ1) is 12.6. The van der Waals surface area contributed by atoms with Crippen molar-refractivity contribution in [3.05, 3.63) is 11.7 Å². The van der Waals surface area contributed by atoms with Crippen molar-refractivity contribution in [1.29, 1.82) is 0 Å². The molecule has 104 valence electrons. The van der Waals surface area contributed by atoms with Crippen LogP contribution in [0.2, 0.25) is 0 Å². The van der Waals surface area contributed by atoms with Crippen molar-refractivity contribution in [2.45, 2.75) is 37.8 Å². The number of nitrogens with zero attached hydrogens (tertiary/aromatic N) is 3. The van der Waals surface area contributed by atoms with Gasteiger partial charge in [-0.05, 0) is 32.2 Å². The molecule has 1 atom stereocenters. The van der Waals surface area contributed by atoms with E-state index in [0.29, 0.717) is 12.4 Å². The van der Waals surface area contributed by atoms with Gasteiger partial charge < -0.3 is 19.8 Å². The fourth-order valence-corrected chi connectivity index (χ4v) is 2.43. The predicted octanol–water partition coefficient (Wildman–Crippen LogP) is 0.0910. The Hall–Kier alpha value is -1.47. The first-order valence-electron chi connectivity index (χ1n) is 6.78. The molecule has 0 bridgehead atoms. The summed E-state index contributed by atoms with van der Waals surface area (Å²) in [6.45, 7) is 1.22. The van der Waals surface area contributed by atoms with E-state index in [-0.39, 0.29) is 30.4 Å². The zero-order valence-electron chi connectivity index (χ0n) is 10.7. The summed E-state index contributed by atoms with van der Waals surface area (Å²) in [6.07, 6.45) is 4.01. The highest BCUT2D eigenvalue weighted by atomic mass is 16.5. The molecule has 1 aliphatic heterocycles. The molecule has 3 rings (SSSR count). The van der Waals surface area contributed by atoms with E-state index in [2.05, 4.69) is 15.5 Å². The van der Waals surface area contributed by atoms with Gasteiger partial charge in [-0.25, -0.2) is 0 Å². The maximum Gasteiger partial charge on any atom is 0.295 e. The molecule has 1 unspecified atom stereocenters. The number of aromatic nitrogens is 2. The van der Waals surface area contributed by atoms with Crippen LogP contribution in [0.1, 0.15) is 48.2 Å². The molecule has 19 heavy (non-hydrogen) atoms. The molecule has 0 spiro atoms. The Balaban J connectivity index is 1.71. The molecule has 2 N–H and O–H groups in total. The third-order valence-electron chi connectivity index (χ3n) is 3.58. The van der Waals surface area contributed by atoms with Gasteiger partial charge in [0.1, 0.15) is 0 Å². The lowest BCUT2D eigenvalue weighted by Gasteiger charge is -2.18. The van der Waals surface area contributed by atoms with E-state index in [4.69, 9.17) is 9.63 Å². The average Bonchev–Trinajstić information content (AvgIpc) is 2.95. The number of rotatable bonds is 5. The largest absolute Gasteiger partial charge is 0.395 e. The highest BCUT2D eigenvalue weighted by Crippen LogP contribution is 2.28. The summed E-state index contributed by atoms with van der Waals surface area (Å²) in [5.41, 5.74) is 0. The highest BCUT2D eigenvalue weighted by molar-refractivity contribution is 5.90. The van der Waals surface area contributed by atoms with Crippen molar-refractivity contribution in [3.63, 3.8) is 0 Å². The van der Waals surface area contributed by atoms with Crippen LogP contribution in [0.25, 0.3) is 0 Å². The smallest absolute Gasteiger partial charge is 0.295 e. The third-order valence-corrected chi connectivity index (χ3v) is 3.58. The van der Waals surface area contributed by atoms with Gasteiger partial charge in [0.25, 0.3) is 11.7 Å².